The van der Waals surface area contributed by atoms with Gasteiger partial charge in [0.25, 0.3) is 5.91 Å². The summed E-state index contributed by atoms with van der Waals surface area (Å²) in [6.45, 7) is 5.25. The summed E-state index contributed by atoms with van der Waals surface area (Å²) in [6.07, 6.45) is 3.86. The van der Waals surface area contributed by atoms with Gasteiger partial charge < -0.3 is 9.80 Å². The predicted molar refractivity (Wildman–Crippen MR) is 101 cm³/mol. The van der Waals surface area contributed by atoms with Gasteiger partial charge in [0.1, 0.15) is 0 Å². The molecule has 2 aliphatic rings. The van der Waals surface area contributed by atoms with Crippen molar-refractivity contribution in [2.24, 2.45) is 5.92 Å². The minimum atomic E-state index is 0.102. The molecule has 1 aromatic heterocycles. The van der Waals surface area contributed by atoms with Gasteiger partial charge in [-0.25, -0.2) is 0 Å². The van der Waals surface area contributed by atoms with Crippen LogP contribution >= 0.6 is 11.3 Å². The Hall–Kier alpha value is -1.88. The van der Waals surface area contributed by atoms with Crippen LogP contribution in [0, 0.1) is 12.8 Å². The van der Waals surface area contributed by atoms with Gasteiger partial charge in [-0.2, -0.15) is 0 Å². The van der Waals surface area contributed by atoms with Crippen LogP contribution in [0.2, 0.25) is 0 Å². The number of carbonyl (C=O) groups is 2. The number of nitrogens with zero attached hydrogens (tertiary/aromatic N) is 2. The fourth-order valence-electron chi connectivity index (χ4n) is 4.05. The zero-order valence-electron chi connectivity index (χ0n) is 14.7. The van der Waals surface area contributed by atoms with E-state index in [1.54, 1.807) is 11.3 Å². The van der Waals surface area contributed by atoms with Gasteiger partial charge in [-0.3, -0.25) is 9.59 Å². The van der Waals surface area contributed by atoms with E-state index in [1.165, 1.54) is 10.1 Å². The molecule has 2 fully saturated rings. The molecular formula is C20H24N2O2S. The van der Waals surface area contributed by atoms with E-state index in [9.17, 15) is 9.59 Å². The Bertz CT molecular complexity index is 799. The van der Waals surface area contributed by atoms with Crippen LogP contribution in [0.4, 0.5) is 0 Å². The molecule has 4 rings (SSSR count). The first-order chi connectivity index (χ1) is 12.1. The number of amides is 2. The molecule has 0 bridgehead atoms. The van der Waals surface area contributed by atoms with Crippen molar-refractivity contribution in [2.45, 2.75) is 32.6 Å². The summed E-state index contributed by atoms with van der Waals surface area (Å²) in [5, 5.41) is 1.18. The first-order valence-corrected chi connectivity index (χ1v) is 10.0. The van der Waals surface area contributed by atoms with Crippen LogP contribution < -0.4 is 0 Å². The van der Waals surface area contributed by atoms with E-state index >= 15 is 0 Å². The summed E-state index contributed by atoms with van der Waals surface area (Å²) >= 11 is 1.59. The molecule has 1 aromatic carbocycles. The Balaban J connectivity index is 1.44. The number of carbonyl (C=O) groups excluding carboxylic acids is 2. The van der Waals surface area contributed by atoms with Gasteiger partial charge in [0.15, 0.2) is 0 Å². The molecule has 2 amide bonds. The van der Waals surface area contributed by atoms with E-state index in [2.05, 4.69) is 12.1 Å². The molecule has 0 N–H and O–H groups in total. The fraction of sp³-hybridized carbons (Fsp3) is 0.500. The van der Waals surface area contributed by atoms with Gasteiger partial charge in [-0.15, -0.1) is 11.3 Å². The maximum Gasteiger partial charge on any atom is 0.264 e. The molecule has 2 aliphatic heterocycles. The van der Waals surface area contributed by atoms with Crippen molar-refractivity contribution >= 4 is 33.2 Å². The van der Waals surface area contributed by atoms with E-state index in [1.807, 2.05) is 28.9 Å². The number of piperidine rings is 1. The normalized spacial score (nSPS) is 18.9. The number of rotatable bonds is 2. The number of thiophene rings is 1. The Labute approximate surface area is 152 Å². The standard InChI is InChI=1S/C20H24N2O2S/c1-14-16-6-2-3-7-17(16)25-18(14)20(24)22-12-8-15(9-13-22)19(23)21-10-4-5-11-21/h2-3,6-7,15H,4-5,8-13H2,1H3. The second-order valence-electron chi connectivity index (χ2n) is 7.15. The highest BCUT2D eigenvalue weighted by Gasteiger charge is 2.32. The van der Waals surface area contributed by atoms with Gasteiger partial charge in [-0.1, -0.05) is 18.2 Å². The zero-order valence-corrected chi connectivity index (χ0v) is 15.5. The van der Waals surface area contributed by atoms with Gasteiger partial charge in [0, 0.05) is 36.8 Å². The molecule has 4 nitrogen and oxygen atoms in total. The second kappa shape index (κ2) is 6.79. The molecule has 0 saturated carbocycles. The number of aryl methyl sites for hydroxylation is 1. The Morgan fingerprint density at radius 2 is 1.68 bits per heavy atom. The lowest BCUT2D eigenvalue weighted by atomic mass is 9.95. The van der Waals surface area contributed by atoms with Crippen molar-refractivity contribution < 1.29 is 9.59 Å². The molecular weight excluding hydrogens is 332 g/mol. The molecule has 0 aliphatic carbocycles. The summed E-state index contributed by atoms with van der Waals surface area (Å²) in [4.78, 5) is 30.3. The van der Waals surface area contributed by atoms with Crippen LogP contribution in [0.1, 0.15) is 40.9 Å². The zero-order chi connectivity index (χ0) is 17.4. The van der Waals surface area contributed by atoms with Crippen molar-refractivity contribution in [3.8, 4) is 0 Å². The number of likely N-dealkylation sites (tertiary alicyclic amines) is 2. The molecule has 0 spiro atoms. The Kier molecular flexibility index (Phi) is 4.50. The molecule has 5 heteroatoms. The van der Waals surface area contributed by atoms with Crippen molar-refractivity contribution in [1.29, 1.82) is 0 Å². The average molecular weight is 356 g/mol. The van der Waals surface area contributed by atoms with Crippen LogP contribution in [-0.2, 0) is 4.79 Å². The lowest BCUT2D eigenvalue weighted by molar-refractivity contribution is -0.135. The van der Waals surface area contributed by atoms with Crippen LogP contribution in [0.3, 0.4) is 0 Å². The topological polar surface area (TPSA) is 40.6 Å². The van der Waals surface area contributed by atoms with Crippen molar-refractivity contribution in [2.75, 3.05) is 26.2 Å². The Morgan fingerprint density at radius 3 is 2.36 bits per heavy atom. The van der Waals surface area contributed by atoms with E-state index in [0.29, 0.717) is 19.0 Å². The molecule has 25 heavy (non-hydrogen) atoms. The van der Waals surface area contributed by atoms with Gasteiger partial charge >= 0.3 is 0 Å². The molecule has 2 aromatic rings. The second-order valence-corrected chi connectivity index (χ2v) is 8.20. The predicted octanol–water partition coefficient (Wildman–Crippen LogP) is 3.68. The highest BCUT2D eigenvalue weighted by Crippen LogP contribution is 2.32. The van der Waals surface area contributed by atoms with Gasteiger partial charge in [0.05, 0.1) is 4.88 Å². The van der Waals surface area contributed by atoms with Crippen molar-refractivity contribution in [1.82, 2.24) is 9.80 Å². The van der Waals surface area contributed by atoms with Crippen molar-refractivity contribution in [3.05, 3.63) is 34.7 Å². The lowest BCUT2D eigenvalue weighted by Crippen LogP contribution is -2.43. The van der Waals surface area contributed by atoms with Crippen LogP contribution in [-0.4, -0.2) is 47.8 Å². The fourth-order valence-corrected chi connectivity index (χ4v) is 5.22. The molecule has 2 saturated heterocycles. The molecule has 3 heterocycles. The van der Waals surface area contributed by atoms with E-state index in [0.717, 1.165) is 49.2 Å². The third kappa shape index (κ3) is 3.06. The third-order valence-electron chi connectivity index (χ3n) is 5.59. The summed E-state index contributed by atoms with van der Waals surface area (Å²) in [6, 6.07) is 8.19. The van der Waals surface area contributed by atoms with Gasteiger partial charge in [-0.05, 0) is 49.6 Å². The summed E-state index contributed by atoms with van der Waals surface area (Å²) in [5.41, 5.74) is 1.08. The molecule has 0 unspecified atom stereocenters. The Morgan fingerprint density at radius 1 is 1.00 bits per heavy atom. The highest BCUT2D eigenvalue weighted by atomic mass is 32.1. The van der Waals surface area contributed by atoms with Crippen LogP contribution in [0.5, 0.6) is 0 Å². The third-order valence-corrected chi connectivity index (χ3v) is 6.85. The monoisotopic (exact) mass is 356 g/mol. The maximum absolute atomic E-state index is 13.0. The first-order valence-electron chi connectivity index (χ1n) is 9.21. The summed E-state index contributed by atoms with van der Waals surface area (Å²) in [5.74, 6) is 0.541. The van der Waals surface area contributed by atoms with Gasteiger partial charge in [0.2, 0.25) is 5.91 Å². The summed E-state index contributed by atoms with van der Waals surface area (Å²) in [7, 11) is 0. The number of fused-ring (bicyclic) bond motifs is 1. The van der Waals surface area contributed by atoms with Crippen LogP contribution in [0.25, 0.3) is 10.1 Å². The number of hydrogen-bond acceptors (Lipinski definition) is 3. The van der Waals surface area contributed by atoms with Crippen molar-refractivity contribution in [3.63, 3.8) is 0 Å². The van der Waals surface area contributed by atoms with E-state index < -0.39 is 0 Å². The lowest BCUT2D eigenvalue weighted by Gasteiger charge is -2.33. The summed E-state index contributed by atoms with van der Waals surface area (Å²) < 4.78 is 1.17. The SMILES string of the molecule is Cc1c(C(=O)N2CCC(C(=O)N3CCCC3)CC2)sc2ccccc12. The van der Waals surface area contributed by atoms with E-state index in [-0.39, 0.29) is 11.8 Å². The van der Waals surface area contributed by atoms with Crippen LogP contribution in [0.15, 0.2) is 24.3 Å². The molecule has 132 valence electrons. The number of hydrogen-bond donors (Lipinski definition) is 0. The number of benzene rings is 1. The maximum atomic E-state index is 13.0. The molecule has 0 radical (unpaired) electrons. The largest absolute Gasteiger partial charge is 0.342 e. The van der Waals surface area contributed by atoms with E-state index in [4.69, 9.17) is 0 Å². The average Bonchev–Trinajstić information content (AvgIpc) is 3.30. The minimum absolute atomic E-state index is 0.102. The first kappa shape index (κ1) is 16.6. The molecule has 0 atom stereocenters. The minimum Gasteiger partial charge on any atom is -0.342 e. The smallest absolute Gasteiger partial charge is 0.264 e. The highest BCUT2D eigenvalue weighted by molar-refractivity contribution is 7.21. The quantitative estimate of drug-likeness (QED) is 0.823.